The van der Waals surface area contributed by atoms with Crippen molar-refractivity contribution in [2.45, 2.75) is 11.4 Å². The van der Waals surface area contributed by atoms with Gasteiger partial charge in [0.05, 0.1) is 22.6 Å². The minimum Gasteiger partial charge on any atom is -0.384 e. The van der Waals surface area contributed by atoms with Crippen molar-refractivity contribution in [2.24, 2.45) is 0 Å². The molecule has 1 heterocycles. The molecule has 0 bridgehead atoms. The highest BCUT2D eigenvalue weighted by molar-refractivity contribution is 7.89. The fourth-order valence-electron chi connectivity index (χ4n) is 1.73. The second-order valence-corrected chi connectivity index (χ2v) is 6.93. The predicted octanol–water partition coefficient (Wildman–Crippen LogP) is 1.31. The fraction of sp³-hybridized carbons (Fsp3) is 0.214. The Kier molecular flexibility index (Phi) is 5.09. The maximum atomic E-state index is 12.6. The molecule has 21 heavy (non-hydrogen) atoms. The highest BCUT2D eigenvalue weighted by Gasteiger charge is 2.23. The smallest absolute Gasteiger partial charge is 0.244 e. The van der Waals surface area contributed by atoms with E-state index in [4.69, 9.17) is 5.11 Å². The predicted molar refractivity (Wildman–Crippen MR) is 81.2 cm³/mol. The lowest BCUT2D eigenvalue weighted by Crippen LogP contribution is -2.27. The number of hydrogen-bond acceptors (Lipinski definition) is 5. The molecule has 1 aromatic carbocycles. The first kappa shape index (κ1) is 15.7. The van der Waals surface area contributed by atoms with Crippen molar-refractivity contribution < 1.29 is 13.5 Å². The Balaban J connectivity index is 2.35. The summed E-state index contributed by atoms with van der Waals surface area (Å²) >= 11 is 1.42. The molecule has 110 valence electrons. The van der Waals surface area contributed by atoms with Gasteiger partial charge in [0, 0.05) is 18.0 Å². The zero-order chi connectivity index (χ0) is 15.3. The van der Waals surface area contributed by atoms with Gasteiger partial charge in [0.1, 0.15) is 6.61 Å². The van der Waals surface area contributed by atoms with Crippen molar-refractivity contribution in [3.8, 4) is 11.8 Å². The summed E-state index contributed by atoms with van der Waals surface area (Å²) in [6, 6.07) is 6.48. The molecule has 0 amide bonds. The third-order valence-corrected chi connectivity index (χ3v) is 5.24. The van der Waals surface area contributed by atoms with E-state index in [0.717, 1.165) is 0 Å². The van der Waals surface area contributed by atoms with Crippen LogP contribution in [-0.4, -0.2) is 36.5 Å². The topological polar surface area (TPSA) is 70.5 Å². The lowest BCUT2D eigenvalue weighted by Gasteiger charge is -2.17. The second-order valence-electron chi connectivity index (χ2n) is 4.20. The van der Waals surface area contributed by atoms with E-state index in [0.29, 0.717) is 11.3 Å². The molecule has 0 aliphatic rings. The van der Waals surface area contributed by atoms with Crippen molar-refractivity contribution in [1.82, 2.24) is 9.29 Å². The van der Waals surface area contributed by atoms with Crippen molar-refractivity contribution in [3.05, 3.63) is 46.4 Å². The Hall–Kier alpha value is -1.72. The van der Waals surface area contributed by atoms with Gasteiger partial charge in [-0.05, 0) is 12.1 Å². The van der Waals surface area contributed by atoms with E-state index in [2.05, 4.69) is 16.8 Å². The molecule has 0 aliphatic heterocycles. The number of aromatic nitrogens is 1. The molecule has 1 aromatic heterocycles. The number of thiazole rings is 1. The number of aliphatic hydroxyl groups excluding tert-OH is 1. The van der Waals surface area contributed by atoms with E-state index in [1.54, 1.807) is 23.7 Å². The van der Waals surface area contributed by atoms with Crippen LogP contribution in [0.3, 0.4) is 0 Å². The minimum absolute atomic E-state index is 0.128. The van der Waals surface area contributed by atoms with Crippen LogP contribution < -0.4 is 0 Å². The van der Waals surface area contributed by atoms with Gasteiger partial charge in [0.15, 0.2) is 0 Å². The van der Waals surface area contributed by atoms with Gasteiger partial charge in [-0.2, -0.15) is 4.31 Å². The molecule has 1 N–H and O–H groups in total. The number of benzene rings is 1. The molecule has 2 rings (SSSR count). The standard InChI is InChI=1S/C14H14N2O3S2/c1-16(9-13-10-20-11-15-13)21(18,19)14-7-3-2-5-12(14)6-4-8-17/h2-3,5,7,10-11,17H,8-9H2,1H3. The molecule has 5 nitrogen and oxygen atoms in total. The summed E-state index contributed by atoms with van der Waals surface area (Å²) in [5.74, 6) is 5.14. The molecule has 0 saturated carbocycles. The number of rotatable bonds is 4. The first-order valence-corrected chi connectivity index (χ1v) is 8.46. The summed E-state index contributed by atoms with van der Waals surface area (Å²) < 4.78 is 26.5. The van der Waals surface area contributed by atoms with Crippen molar-refractivity contribution in [1.29, 1.82) is 0 Å². The van der Waals surface area contributed by atoms with Crippen LogP contribution in [-0.2, 0) is 16.6 Å². The van der Waals surface area contributed by atoms with Crippen molar-refractivity contribution in [2.75, 3.05) is 13.7 Å². The van der Waals surface area contributed by atoms with E-state index in [9.17, 15) is 8.42 Å². The van der Waals surface area contributed by atoms with Gasteiger partial charge < -0.3 is 5.11 Å². The minimum atomic E-state index is -3.66. The molecule has 0 atom stereocenters. The lowest BCUT2D eigenvalue weighted by atomic mass is 10.2. The maximum absolute atomic E-state index is 12.6. The monoisotopic (exact) mass is 322 g/mol. The number of nitrogens with zero attached hydrogens (tertiary/aromatic N) is 2. The molecule has 0 fully saturated rings. The third-order valence-electron chi connectivity index (χ3n) is 2.75. The second kappa shape index (κ2) is 6.83. The maximum Gasteiger partial charge on any atom is 0.244 e. The number of sulfonamides is 1. The summed E-state index contributed by atoms with van der Waals surface area (Å²) in [7, 11) is -2.16. The zero-order valence-corrected chi connectivity index (χ0v) is 13.0. The quantitative estimate of drug-likeness (QED) is 0.862. The van der Waals surface area contributed by atoms with Gasteiger partial charge in [-0.15, -0.1) is 11.3 Å². The average molecular weight is 322 g/mol. The third kappa shape index (κ3) is 3.68. The molecule has 0 aliphatic carbocycles. The Bertz CT molecular complexity index is 759. The number of aliphatic hydroxyl groups is 1. The van der Waals surface area contributed by atoms with E-state index in [1.165, 1.54) is 28.8 Å². The van der Waals surface area contributed by atoms with E-state index < -0.39 is 10.0 Å². The molecular formula is C14H14N2O3S2. The normalized spacial score (nSPS) is 11.2. The van der Waals surface area contributed by atoms with Crippen LogP contribution in [0.4, 0.5) is 0 Å². The fourth-order valence-corrected chi connectivity index (χ4v) is 3.56. The zero-order valence-electron chi connectivity index (χ0n) is 11.4. The molecule has 2 aromatic rings. The summed E-state index contributed by atoms with van der Waals surface area (Å²) in [5.41, 5.74) is 2.73. The SMILES string of the molecule is CN(Cc1cscn1)S(=O)(=O)c1ccccc1C#CCO. The van der Waals surface area contributed by atoms with Crippen LogP contribution in [0.2, 0.25) is 0 Å². The molecule has 0 saturated heterocycles. The molecule has 0 spiro atoms. The average Bonchev–Trinajstić information content (AvgIpc) is 2.98. The Labute approximate surface area is 127 Å². The van der Waals surface area contributed by atoms with E-state index in [1.807, 2.05) is 5.38 Å². The van der Waals surface area contributed by atoms with Crippen molar-refractivity contribution >= 4 is 21.4 Å². The first-order chi connectivity index (χ1) is 10.1. The highest BCUT2D eigenvalue weighted by Crippen LogP contribution is 2.20. The van der Waals surface area contributed by atoms with Gasteiger partial charge in [-0.25, -0.2) is 13.4 Å². The molecular weight excluding hydrogens is 308 g/mol. The molecule has 0 unspecified atom stereocenters. The Morgan fingerprint density at radius 1 is 1.38 bits per heavy atom. The van der Waals surface area contributed by atoms with Gasteiger partial charge in [0.2, 0.25) is 10.0 Å². The lowest BCUT2D eigenvalue weighted by molar-refractivity contribution is 0.350. The van der Waals surface area contributed by atoms with E-state index >= 15 is 0 Å². The number of hydrogen-bond donors (Lipinski definition) is 1. The van der Waals surface area contributed by atoms with Gasteiger partial charge in [0.25, 0.3) is 0 Å². The highest BCUT2D eigenvalue weighted by atomic mass is 32.2. The van der Waals surface area contributed by atoms with Gasteiger partial charge >= 0.3 is 0 Å². The van der Waals surface area contributed by atoms with E-state index in [-0.39, 0.29) is 18.0 Å². The van der Waals surface area contributed by atoms with Crippen molar-refractivity contribution in [3.63, 3.8) is 0 Å². The first-order valence-electron chi connectivity index (χ1n) is 6.08. The van der Waals surface area contributed by atoms with Crippen LogP contribution in [0, 0.1) is 11.8 Å². The van der Waals surface area contributed by atoms with Crippen LogP contribution >= 0.6 is 11.3 Å². The van der Waals surface area contributed by atoms with Crippen LogP contribution in [0.5, 0.6) is 0 Å². The van der Waals surface area contributed by atoms with Crippen LogP contribution in [0.15, 0.2) is 40.1 Å². The Morgan fingerprint density at radius 3 is 2.81 bits per heavy atom. The van der Waals surface area contributed by atoms with Gasteiger partial charge in [-0.3, -0.25) is 0 Å². The summed E-state index contributed by atoms with van der Waals surface area (Å²) in [4.78, 5) is 4.22. The van der Waals surface area contributed by atoms with Crippen LogP contribution in [0.1, 0.15) is 11.3 Å². The largest absolute Gasteiger partial charge is 0.384 e. The molecule has 0 radical (unpaired) electrons. The van der Waals surface area contributed by atoms with Crippen LogP contribution in [0.25, 0.3) is 0 Å². The van der Waals surface area contributed by atoms with Gasteiger partial charge in [-0.1, -0.05) is 24.0 Å². The summed E-state index contributed by atoms with van der Waals surface area (Å²) in [5, 5.41) is 10.6. The summed E-state index contributed by atoms with van der Waals surface area (Å²) in [6.07, 6.45) is 0. The molecule has 7 heteroatoms. The summed E-state index contributed by atoms with van der Waals surface area (Å²) in [6.45, 7) is -0.114. The Morgan fingerprint density at radius 2 is 2.14 bits per heavy atom.